The van der Waals surface area contributed by atoms with Gasteiger partial charge in [-0.25, -0.2) is 19.9 Å². The Morgan fingerprint density at radius 1 is 0.500 bits per heavy atom. The van der Waals surface area contributed by atoms with Crippen LogP contribution in [0.4, 0.5) is 0 Å². The second-order valence-electron chi connectivity index (χ2n) is 12.8. The molecule has 6 aromatic rings. The number of H-pyrrole nitrogens is 2. The van der Waals surface area contributed by atoms with Crippen LogP contribution in [0, 0.1) is 41.5 Å². The van der Waals surface area contributed by atoms with Crippen LogP contribution in [-0.4, -0.2) is 34.9 Å². The van der Waals surface area contributed by atoms with Crippen LogP contribution in [0.2, 0.25) is 0 Å². The van der Waals surface area contributed by atoms with Gasteiger partial charge in [-0.1, -0.05) is 41.5 Å². The lowest BCUT2D eigenvalue weighted by Gasteiger charge is -2.14. The molecule has 6 heterocycles. The third-order valence-electron chi connectivity index (χ3n) is 9.02. The molecule has 2 N–H and O–H groups in total. The molecule has 0 spiro atoms. The zero-order valence-corrected chi connectivity index (χ0v) is 27.9. The van der Waals surface area contributed by atoms with E-state index >= 15 is 0 Å². The fourth-order valence-electron chi connectivity index (χ4n) is 7.30. The molecule has 0 amide bonds. The van der Waals surface area contributed by atoms with E-state index in [2.05, 4.69) is 94.0 Å². The highest BCUT2D eigenvalue weighted by Crippen LogP contribution is 2.39. The van der Waals surface area contributed by atoms with Gasteiger partial charge in [0.25, 0.3) is 0 Å². The Morgan fingerprint density at radius 2 is 1.08 bits per heavy atom. The van der Waals surface area contributed by atoms with Crippen molar-refractivity contribution < 1.29 is 0 Å². The summed E-state index contributed by atoms with van der Waals surface area (Å²) in [7, 11) is 0. The molecule has 8 rings (SSSR count). The molecule has 8 bridgehead atoms. The molecule has 7 nitrogen and oxygen atoms in total. The van der Waals surface area contributed by atoms with Gasteiger partial charge >= 0.3 is 0 Å². The number of hydrogen-bond donors (Lipinski definition) is 2. The first-order valence-electron chi connectivity index (χ1n) is 16.2. The van der Waals surface area contributed by atoms with Gasteiger partial charge in [0.2, 0.25) is 0 Å². The van der Waals surface area contributed by atoms with Crippen LogP contribution >= 0.6 is 0 Å². The Balaban J connectivity index is 1.54. The third kappa shape index (κ3) is 5.14. The summed E-state index contributed by atoms with van der Waals surface area (Å²) in [5.41, 5.74) is 18.1. The minimum atomic E-state index is 0.617. The fourth-order valence-corrected chi connectivity index (χ4v) is 7.30. The maximum Gasteiger partial charge on any atom is 0.155 e. The molecule has 2 aromatic carbocycles. The number of hydrogen-bond acceptors (Lipinski definition) is 5. The van der Waals surface area contributed by atoms with E-state index in [0.29, 0.717) is 17.3 Å². The van der Waals surface area contributed by atoms with E-state index in [9.17, 15) is 0 Å². The van der Waals surface area contributed by atoms with Crippen molar-refractivity contribution in [1.29, 1.82) is 0 Å². The van der Waals surface area contributed by atoms with Crippen LogP contribution in [0.5, 0.6) is 0 Å². The zero-order valence-electron chi connectivity index (χ0n) is 27.9. The number of nitrogens with zero attached hydrogens (tertiary/aromatic N) is 5. The first-order valence-corrected chi connectivity index (χ1v) is 16.2. The van der Waals surface area contributed by atoms with Gasteiger partial charge in [-0.2, -0.15) is 0 Å². The molecule has 7 heteroatoms. The smallest absolute Gasteiger partial charge is 0.155 e. The molecule has 0 saturated carbocycles. The maximum absolute atomic E-state index is 5.12. The van der Waals surface area contributed by atoms with Crippen LogP contribution < -0.4 is 0 Å². The summed E-state index contributed by atoms with van der Waals surface area (Å²) in [4.78, 5) is 32.2. The number of aromatic amines is 2. The van der Waals surface area contributed by atoms with E-state index in [0.717, 1.165) is 61.6 Å². The molecule has 0 saturated heterocycles. The molecule has 2 aliphatic heterocycles. The summed E-state index contributed by atoms with van der Waals surface area (Å²) in [5, 5.41) is 0. The third-order valence-corrected chi connectivity index (χ3v) is 9.02. The topological polar surface area (TPSA) is 96.0 Å². The van der Waals surface area contributed by atoms with Gasteiger partial charge in [0.1, 0.15) is 11.3 Å². The molecule has 234 valence electrons. The van der Waals surface area contributed by atoms with E-state index in [1.165, 1.54) is 33.4 Å². The number of aromatic nitrogens is 7. The number of pyridine rings is 1. The molecular weight excluding hydrogens is 591 g/mol. The number of benzene rings is 2. The number of rotatable bonds is 3. The molecule has 48 heavy (non-hydrogen) atoms. The summed E-state index contributed by atoms with van der Waals surface area (Å²) >= 11 is 0. The quantitative estimate of drug-likeness (QED) is 0.204. The summed E-state index contributed by atoms with van der Waals surface area (Å²) in [6, 6.07) is 21.0. The average Bonchev–Trinajstić information content (AvgIpc) is 3.86. The number of nitrogens with one attached hydrogen (secondary N) is 2. The van der Waals surface area contributed by atoms with Gasteiger partial charge in [0.05, 0.1) is 22.6 Å². The molecule has 0 atom stereocenters. The van der Waals surface area contributed by atoms with Crippen molar-refractivity contribution in [2.24, 2.45) is 0 Å². The summed E-state index contributed by atoms with van der Waals surface area (Å²) in [6.07, 6.45) is 9.87. The van der Waals surface area contributed by atoms with Gasteiger partial charge in [-0.15, -0.1) is 0 Å². The molecule has 0 radical (unpaired) electrons. The van der Waals surface area contributed by atoms with Crippen molar-refractivity contribution in [2.75, 3.05) is 0 Å². The summed E-state index contributed by atoms with van der Waals surface area (Å²) in [5.74, 6) is 1.24. The highest BCUT2D eigenvalue weighted by molar-refractivity contribution is 6.00. The Bertz CT molecular complexity index is 2470. The first kappa shape index (κ1) is 29.5. The monoisotopic (exact) mass is 625 g/mol. The minimum Gasteiger partial charge on any atom is -0.340 e. The van der Waals surface area contributed by atoms with Crippen molar-refractivity contribution in [3.8, 4) is 33.5 Å². The SMILES string of the molecule is Cc1cc(C)c(-c2c3nc(nc4cc(-c5ccccn5)c([nH]4)c(-c4c(C)cc(C)cc4C)c4nc(nc5ccc2[nH]5)C=C4)C=C3)c(C)c1. The first-order chi connectivity index (χ1) is 23.2. The summed E-state index contributed by atoms with van der Waals surface area (Å²) < 4.78 is 0. The minimum absolute atomic E-state index is 0.617. The van der Waals surface area contributed by atoms with Gasteiger partial charge in [-0.3, -0.25) is 4.98 Å². The molecule has 0 fully saturated rings. The lowest BCUT2D eigenvalue weighted by Crippen LogP contribution is -1.95. The Labute approximate surface area is 279 Å². The van der Waals surface area contributed by atoms with Crippen molar-refractivity contribution in [3.63, 3.8) is 0 Å². The van der Waals surface area contributed by atoms with Gasteiger partial charge in [-0.05, 0) is 130 Å². The van der Waals surface area contributed by atoms with Crippen LogP contribution in [-0.2, 0) is 0 Å². The fraction of sp³-hybridized carbons (Fsp3) is 0.146. The average molecular weight is 626 g/mol. The lowest BCUT2D eigenvalue weighted by molar-refractivity contribution is 1.18. The van der Waals surface area contributed by atoms with Crippen molar-refractivity contribution in [1.82, 2.24) is 34.9 Å². The standard InChI is InChI=1S/C41H35N7/c1-22-17-24(3)37(25(4)18-22)39-30-10-13-33(43-30)46-34-15-12-32(45-34)40(38-26(5)19-23(2)20-27(38)6)41-28(29-9-7-8-16-42-29)21-36(48-41)47-35-14-11-31(39)44-35/h7-21H,1-6H3,(H,43,45,46)(H,44,47,48). The predicted octanol–water partition coefficient (Wildman–Crippen LogP) is 9.69. The molecule has 0 unspecified atom stereocenters. The van der Waals surface area contributed by atoms with E-state index in [4.69, 9.17) is 24.9 Å². The van der Waals surface area contributed by atoms with E-state index in [1.54, 1.807) is 0 Å². The van der Waals surface area contributed by atoms with Crippen molar-refractivity contribution in [3.05, 3.63) is 123 Å². The maximum atomic E-state index is 5.12. The highest BCUT2D eigenvalue weighted by Gasteiger charge is 2.20. The second kappa shape index (κ2) is 11.4. The van der Waals surface area contributed by atoms with E-state index in [1.807, 2.05) is 48.7 Å². The second-order valence-corrected chi connectivity index (χ2v) is 12.8. The van der Waals surface area contributed by atoms with Crippen LogP contribution in [0.3, 0.4) is 0 Å². The molecule has 0 aliphatic carbocycles. The normalized spacial score (nSPS) is 12.2. The van der Waals surface area contributed by atoms with Crippen molar-refractivity contribution >= 4 is 46.6 Å². The highest BCUT2D eigenvalue weighted by atomic mass is 15.0. The molecule has 2 aliphatic rings. The van der Waals surface area contributed by atoms with E-state index < -0.39 is 0 Å². The van der Waals surface area contributed by atoms with Crippen LogP contribution in [0.25, 0.3) is 80.1 Å². The Kier molecular flexibility index (Phi) is 6.99. The predicted molar refractivity (Wildman–Crippen MR) is 197 cm³/mol. The Morgan fingerprint density at radius 3 is 1.69 bits per heavy atom. The van der Waals surface area contributed by atoms with Gasteiger partial charge in [0, 0.05) is 28.4 Å². The zero-order chi connectivity index (χ0) is 33.1. The molecule has 4 aromatic heterocycles. The van der Waals surface area contributed by atoms with E-state index in [-0.39, 0.29) is 0 Å². The number of fused-ring (bicyclic) bond motifs is 8. The number of aryl methyl sites for hydroxylation is 6. The Hall–Kier alpha value is -5.95. The lowest BCUT2D eigenvalue weighted by atomic mass is 9.91. The van der Waals surface area contributed by atoms with Crippen molar-refractivity contribution in [2.45, 2.75) is 41.5 Å². The largest absolute Gasteiger partial charge is 0.340 e. The summed E-state index contributed by atoms with van der Waals surface area (Å²) in [6.45, 7) is 12.9. The van der Waals surface area contributed by atoms with Gasteiger partial charge in [0.15, 0.2) is 11.6 Å². The van der Waals surface area contributed by atoms with Gasteiger partial charge < -0.3 is 9.97 Å². The van der Waals surface area contributed by atoms with Crippen LogP contribution in [0.1, 0.15) is 56.4 Å². The molecular formula is C41H35N7. The van der Waals surface area contributed by atoms with Crippen LogP contribution in [0.15, 0.2) is 66.9 Å².